The first-order valence-electron chi connectivity index (χ1n) is 10.0. The lowest BCUT2D eigenvalue weighted by Gasteiger charge is -2.28. The molecule has 156 valence electrons. The molecule has 0 unspecified atom stereocenters. The Balaban J connectivity index is 1.37. The summed E-state index contributed by atoms with van der Waals surface area (Å²) in [5.74, 6) is -0.275. The molecular weight excluding hydrogens is 383 g/mol. The first-order chi connectivity index (χ1) is 14.6. The third-order valence-corrected chi connectivity index (χ3v) is 5.30. The Labute approximate surface area is 175 Å². The first-order valence-corrected chi connectivity index (χ1v) is 10.0. The van der Waals surface area contributed by atoms with Crippen LogP contribution in [0.15, 0.2) is 54.6 Å². The number of hydrogen-bond donors (Lipinski definition) is 1. The fourth-order valence-electron chi connectivity index (χ4n) is 3.74. The van der Waals surface area contributed by atoms with Crippen LogP contribution in [0, 0.1) is 5.82 Å². The van der Waals surface area contributed by atoms with Crippen molar-refractivity contribution in [2.75, 3.05) is 6.54 Å². The molecule has 30 heavy (non-hydrogen) atoms. The van der Waals surface area contributed by atoms with E-state index in [9.17, 15) is 9.18 Å². The molecule has 1 aromatic heterocycles. The molecule has 0 saturated heterocycles. The van der Waals surface area contributed by atoms with Gasteiger partial charge >= 0.3 is 6.03 Å². The van der Waals surface area contributed by atoms with Crippen molar-refractivity contribution >= 4 is 6.03 Å². The minimum Gasteiger partial charge on any atom is -0.370 e. The van der Waals surface area contributed by atoms with Crippen LogP contribution in [-0.4, -0.2) is 27.3 Å². The maximum atomic E-state index is 13.3. The Morgan fingerprint density at radius 1 is 1.13 bits per heavy atom. The van der Waals surface area contributed by atoms with Crippen LogP contribution in [0.4, 0.5) is 9.18 Å². The lowest BCUT2D eigenvalue weighted by atomic mass is 10.1. The lowest BCUT2D eigenvalue weighted by molar-refractivity contribution is 0.103. The topological polar surface area (TPSA) is 59.4 Å². The summed E-state index contributed by atoms with van der Waals surface area (Å²) in [4.78, 5) is 14.5. The Kier molecular flexibility index (Phi) is 6.09. The van der Waals surface area contributed by atoms with Gasteiger partial charge in [0.2, 0.25) is 0 Å². The maximum absolute atomic E-state index is 13.3. The van der Waals surface area contributed by atoms with E-state index in [0.717, 1.165) is 34.5 Å². The van der Waals surface area contributed by atoms with Gasteiger partial charge in [0.1, 0.15) is 5.82 Å². The number of ether oxygens (including phenoxy) is 1. The molecule has 0 atom stereocenters. The molecule has 2 amide bonds. The number of fused-ring (bicyclic) bond motifs is 1. The minimum atomic E-state index is -0.275. The molecule has 2 aromatic carbocycles. The summed E-state index contributed by atoms with van der Waals surface area (Å²) >= 11 is 0. The number of aryl methyl sites for hydroxylation is 1. The average Bonchev–Trinajstić information content (AvgIpc) is 3.08. The fourth-order valence-corrected chi connectivity index (χ4v) is 3.74. The number of hydrogen-bond acceptors (Lipinski definition) is 3. The van der Waals surface area contributed by atoms with Gasteiger partial charge in [0.05, 0.1) is 25.5 Å². The zero-order valence-electron chi connectivity index (χ0n) is 17.0. The molecule has 3 aromatic rings. The highest BCUT2D eigenvalue weighted by atomic mass is 19.1. The van der Waals surface area contributed by atoms with Crippen molar-refractivity contribution < 1.29 is 13.9 Å². The van der Waals surface area contributed by atoms with Crippen molar-refractivity contribution in [1.82, 2.24) is 20.0 Å². The minimum absolute atomic E-state index is 0.0833. The Bertz CT molecular complexity index is 1020. The molecule has 2 heterocycles. The summed E-state index contributed by atoms with van der Waals surface area (Å²) in [7, 11) is 1.92. The Morgan fingerprint density at radius 3 is 2.73 bits per heavy atom. The van der Waals surface area contributed by atoms with E-state index in [2.05, 4.69) is 10.4 Å². The number of nitrogens with zero attached hydrogens (tertiary/aromatic N) is 3. The molecule has 0 saturated carbocycles. The molecule has 4 rings (SSSR count). The molecule has 1 aliphatic rings. The molecule has 0 bridgehead atoms. The zero-order chi connectivity index (χ0) is 20.9. The number of benzene rings is 2. The van der Waals surface area contributed by atoms with E-state index in [1.165, 1.54) is 12.1 Å². The summed E-state index contributed by atoms with van der Waals surface area (Å²) in [5.41, 5.74) is 4.84. The van der Waals surface area contributed by atoms with Crippen molar-refractivity contribution in [2.24, 2.45) is 7.05 Å². The highest BCUT2D eigenvalue weighted by molar-refractivity contribution is 5.74. The van der Waals surface area contributed by atoms with Gasteiger partial charge in [0, 0.05) is 37.8 Å². The van der Waals surface area contributed by atoms with Gasteiger partial charge in [-0.3, -0.25) is 4.68 Å². The van der Waals surface area contributed by atoms with Gasteiger partial charge in [-0.25, -0.2) is 9.18 Å². The number of rotatable bonds is 6. The average molecular weight is 408 g/mol. The summed E-state index contributed by atoms with van der Waals surface area (Å²) < 4.78 is 21.0. The summed E-state index contributed by atoms with van der Waals surface area (Å²) in [6.45, 7) is 2.28. The third kappa shape index (κ3) is 4.68. The highest BCUT2D eigenvalue weighted by Gasteiger charge is 2.26. The molecule has 0 fully saturated rings. The number of halogens is 1. The molecule has 1 N–H and O–H groups in total. The van der Waals surface area contributed by atoms with Crippen molar-refractivity contribution in [2.45, 2.75) is 32.7 Å². The molecule has 1 aliphatic heterocycles. The predicted octanol–water partition coefficient (Wildman–Crippen LogP) is 3.54. The van der Waals surface area contributed by atoms with Crippen LogP contribution in [0.3, 0.4) is 0 Å². The van der Waals surface area contributed by atoms with Crippen molar-refractivity contribution in [3.63, 3.8) is 0 Å². The summed E-state index contributed by atoms with van der Waals surface area (Å²) in [6.07, 6.45) is 0.751. The summed E-state index contributed by atoms with van der Waals surface area (Å²) in [5, 5.41) is 7.58. The summed E-state index contributed by atoms with van der Waals surface area (Å²) in [6, 6.07) is 16.1. The van der Waals surface area contributed by atoms with E-state index in [0.29, 0.717) is 32.8 Å². The molecular formula is C23H25FN4O2. The van der Waals surface area contributed by atoms with Crippen LogP contribution in [0.5, 0.6) is 0 Å². The van der Waals surface area contributed by atoms with Crippen LogP contribution in [-0.2, 0) is 44.5 Å². The second kappa shape index (κ2) is 9.09. The number of carbonyl (C=O) groups is 1. The smallest absolute Gasteiger partial charge is 0.317 e. The van der Waals surface area contributed by atoms with Crippen molar-refractivity contribution in [3.05, 3.63) is 88.5 Å². The fraction of sp³-hybridized carbons (Fsp3) is 0.304. The van der Waals surface area contributed by atoms with E-state index in [4.69, 9.17) is 4.74 Å². The molecule has 0 radical (unpaired) electrons. The van der Waals surface area contributed by atoms with Crippen molar-refractivity contribution in [3.8, 4) is 0 Å². The monoisotopic (exact) mass is 408 g/mol. The van der Waals surface area contributed by atoms with Gasteiger partial charge in [-0.1, -0.05) is 42.5 Å². The standard InChI is InChI=1S/C23H25FN4O2/c1-27-22-10-11-28(23(29)25-13-17-6-3-2-4-7-17)14-20(22)21(26-27)16-30-15-18-8-5-9-19(24)12-18/h2-9,12H,10-11,13-16H2,1H3,(H,25,29). The van der Waals surface area contributed by atoms with Gasteiger partial charge in [0.25, 0.3) is 0 Å². The predicted molar refractivity (Wildman–Crippen MR) is 111 cm³/mol. The van der Waals surface area contributed by atoms with Crippen LogP contribution in [0.2, 0.25) is 0 Å². The highest BCUT2D eigenvalue weighted by Crippen LogP contribution is 2.23. The Morgan fingerprint density at radius 2 is 1.93 bits per heavy atom. The van der Waals surface area contributed by atoms with E-state index in [1.54, 1.807) is 6.07 Å². The molecule has 7 heteroatoms. The Hall–Kier alpha value is -3.19. The third-order valence-electron chi connectivity index (χ3n) is 5.30. The van der Waals surface area contributed by atoms with Crippen LogP contribution in [0.25, 0.3) is 0 Å². The quantitative estimate of drug-likeness (QED) is 0.679. The van der Waals surface area contributed by atoms with Gasteiger partial charge in [-0.2, -0.15) is 5.10 Å². The number of amides is 2. The lowest BCUT2D eigenvalue weighted by Crippen LogP contribution is -2.42. The zero-order valence-corrected chi connectivity index (χ0v) is 17.0. The van der Waals surface area contributed by atoms with E-state index < -0.39 is 0 Å². The van der Waals surface area contributed by atoms with Gasteiger partial charge in [-0.15, -0.1) is 0 Å². The molecule has 6 nitrogen and oxygen atoms in total. The van der Waals surface area contributed by atoms with Gasteiger partial charge in [0.15, 0.2) is 0 Å². The largest absolute Gasteiger partial charge is 0.370 e. The van der Waals surface area contributed by atoms with E-state index in [1.807, 2.05) is 53.0 Å². The van der Waals surface area contributed by atoms with Gasteiger partial charge in [-0.05, 0) is 23.3 Å². The SMILES string of the molecule is Cn1nc(COCc2cccc(F)c2)c2c1CCN(C(=O)NCc1ccccc1)C2. The van der Waals surface area contributed by atoms with Crippen molar-refractivity contribution in [1.29, 1.82) is 0 Å². The van der Waals surface area contributed by atoms with E-state index in [-0.39, 0.29) is 11.8 Å². The van der Waals surface area contributed by atoms with Crippen LogP contribution < -0.4 is 5.32 Å². The first kappa shape index (κ1) is 20.1. The van der Waals surface area contributed by atoms with Gasteiger partial charge < -0.3 is 15.0 Å². The second-order valence-electron chi connectivity index (χ2n) is 7.43. The number of urea groups is 1. The van der Waals surface area contributed by atoms with Crippen LogP contribution in [0.1, 0.15) is 28.1 Å². The molecule has 0 spiro atoms. The number of aromatic nitrogens is 2. The number of carbonyl (C=O) groups excluding carboxylic acids is 1. The molecule has 0 aliphatic carbocycles. The maximum Gasteiger partial charge on any atom is 0.317 e. The van der Waals surface area contributed by atoms with E-state index >= 15 is 0 Å². The second-order valence-corrected chi connectivity index (χ2v) is 7.43. The normalized spacial score (nSPS) is 13.2. The number of nitrogens with one attached hydrogen (secondary N) is 1. The van der Waals surface area contributed by atoms with Crippen LogP contribution >= 0.6 is 0 Å².